The Kier molecular flexibility index (Phi) is 3.47. The first-order chi connectivity index (χ1) is 2.77. The number of rotatable bonds is 2. The normalized spacial score (nSPS) is 15.0. The van der Waals surface area contributed by atoms with Gasteiger partial charge in [0.25, 0.3) is 0 Å². The molecule has 0 saturated carbocycles. The molecule has 0 N–H and O–H groups in total. The van der Waals surface area contributed by atoms with Crippen LogP contribution in [0.25, 0.3) is 0 Å². The van der Waals surface area contributed by atoms with Crippen LogP contribution in [-0.2, 0) is 4.74 Å². The number of hydrogen-bond acceptors (Lipinski definition) is 1. The van der Waals surface area contributed by atoms with Gasteiger partial charge in [0.15, 0.2) is 0 Å². The van der Waals surface area contributed by atoms with E-state index in [0.717, 1.165) is 12.1 Å². The van der Waals surface area contributed by atoms with Crippen molar-refractivity contribution in [2.75, 3.05) is 13.7 Å². The van der Waals surface area contributed by atoms with E-state index in [0.29, 0.717) is 0 Å². The zero-order valence-electron chi connectivity index (χ0n) is 4.69. The van der Waals surface area contributed by atoms with E-state index in [1.165, 1.54) is 10.2 Å². The molecule has 0 spiro atoms. The molecule has 0 aromatic rings. The molecule has 38 valence electrons. The molecule has 1 nitrogen and oxygen atoms in total. The quantitative estimate of drug-likeness (QED) is 0.441. The lowest BCUT2D eigenvalue weighted by atomic mass is 10.5. The maximum absolute atomic E-state index is 4.84. The predicted octanol–water partition coefficient (Wildman–Crippen LogP) is -0.193. The second kappa shape index (κ2) is 3.37. The Morgan fingerprint density at radius 2 is 2.33 bits per heavy atom. The topological polar surface area (TPSA) is 9.23 Å². The van der Waals surface area contributed by atoms with Crippen LogP contribution in [0.2, 0.25) is 5.54 Å². The summed E-state index contributed by atoms with van der Waals surface area (Å²) in [6.07, 6.45) is 0. The molecule has 0 aliphatic rings. The molecule has 0 aromatic carbocycles. The van der Waals surface area contributed by atoms with Crippen LogP contribution in [0.15, 0.2) is 0 Å². The van der Waals surface area contributed by atoms with Gasteiger partial charge in [-0.1, -0.05) is 6.92 Å². The number of hydrogen-bond donors (Lipinski definition) is 0. The molecule has 0 aromatic heterocycles. The summed E-state index contributed by atoms with van der Waals surface area (Å²) in [4.78, 5) is 0. The molecular weight excluding hydrogens is 92.1 g/mol. The predicted molar refractivity (Wildman–Crippen MR) is 31.2 cm³/mol. The Balaban J connectivity index is 2.63. The van der Waals surface area contributed by atoms with Crippen molar-refractivity contribution in [2.45, 2.75) is 12.5 Å². The zero-order chi connectivity index (χ0) is 4.99. The minimum absolute atomic E-state index is 0.815. The van der Waals surface area contributed by atoms with Crippen LogP contribution in [0.4, 0.5) is 0 Å². The summed E-state index contributed by atoms with van der Waals surface area (Å²) in [6, 6.07) is 0. The Morgan fingerprint density at radius 1 is 1.83 bits per heavy atom. The van der Waals surface area contributed by atoms with Gasteiger partial charge in [-0.25, -0.2) is 0 Å². The molecule has 0 fully saturated rings. The van der Waals surface area contributed by atoms with Crippen LogP contribution in [0, 0.1) is 0 Å². The van der Waals surface area contributed by atoms with E-state index in [4.69, 9.17) is 4.74 Å². The average Bonchev–Trinajstić information content (AvgIpc) is 1.35. The maximum atomic E-state index is 4.84. The van der Waals surface area contributed by atoms with Gasteiger partial charge in [0, 0.05) is 24.0 Å². The summed E-state index contributed by atoms with van der Waals surface area (Å²) in [6.45, 7) is 3.13. The minimum Gasteiger partial charge on any atom is -0.385 e. The number of methoxy groups -OCH3 is 1. The lowest BCUT2D eigenvalue weighted by Gasteiger charge is -1.97. The molecule has 0 radical (unpaired) electrons. The van der Waals surface area contributed by atoms with Crippen molar-refractivity contribution < 1.29 is 4.74 Å². The van der Waals surface area contributed by atoms with Gasteiger partial charge in [0.2, 0.25) is 0 Å². The van der Waals surface area contributed by atoms with Crippen molar-refractivity contribution in [3.8, 4) is 0 Å². The Morgan fingerprint density at radius 3 is 2.33 bits per heavy atom. The van der Waals surface area contributed by atoms with Gasteiger partial charge in [-0.3, -0.25) is 0 Å². The summed E-state index contributed by atoms with van der Waals surface area (Å²) in [7, 11) is 3.00. The Labute approximate surface area is 42.1 Å². The van der Waals surface area contributed by atoms with E-state index in [1.54, 1.807) is 7.11 Å². The fourth-order valence-electron chi connectivity index (χ4n) is 0.333. The van der Waals surface area contributed by atoms with Gasteiger partial charge in [0.1, 0.15) is 0 Å². The Hall–Kier alpha value is 0.177. The highest BCUT2D eigenvalue weighted by atomic mass is 28.1. The Bertz CT molecular complexity index is 28.7. The van der Waals surface area contributed by atoms with Crippen molar-refractivity contribution in [3.63, 3.8) is 0 Å². The second-order valence-electron chi connectivity index (χ2n) is 1.85. The summed E-state index contributed by atoms with van der Waals surface area (Å²) in [5, 5.41) is 0. The lowest BCUT2D eigenvalue weighted by Crippen LogP contribution is -1.94. The van der Waals surface area contributed by atoms with E-state index in [1.807, 2.05) is 0 Å². The molecule has 2 heteroatoms. The van der Waals surface area contributed by atoms with Gasteiger partial charge in [-0.2, -0.15) is 0 Å². The SMILES string of the molecule is COCC(C)[SiH3]. The van der Waals surface area contributed by atoms with Gasteiger partial charge in [-0.05, 0) is 5.54 Å². The standard InChI is InChI=1S/C4H12OSi/c1-4(6)3-5-2/h4H,3H2,1-2,6H3. The largest absolute Gasteiger partial charge is 0.385 e. The first kappa shape index (κ1) is 6.18. The number of ether oxygens (including phenoxy) is 1. The molecule has 1 unspecified atom stereocenters. The highest BCUT2D eigenvalue weighted by Gasteiger charge is 1.86. The smallest absolute Gasteiger partial charge is 0.0455 e. The van der Waals surface area contributed by atoms with Crippen LogP contribution in [0.3, 0.4) is 0 Å². The summed E-state index contributed by atoms with van der Waals surface area (Å²) in [5.74, 6) is 0. The fraction of sp³-hybridized carbons (Fsp3) is 1.00. The van der Waals surface area contributed by atoms with E-state index in [9.17, 15) is 0 Å². The molecule has 6 heavy (non-hydrogen) atoms. The molecule has 0 saturated heterocycles. The van der Waals surface area contributed by atoms with Crippen molar-refractivity contribution >= 4 is 10.2 Å². The third kappa shape index (κ3) is 4.18. The van der Waals surface area contributed by atoms with E-state index < -0.39 is 0 Å². The highest BCUT2D eigenvalue weighted by molar-refractivity contribution is 6.11. The molecule has 0 heterocycles. The fourth-order valence-corrected chi connectivity index (χ4v) is 0.667. The van der Waals surface area contributed by atoms with Crippen molar-refractivity contribution in [2.24, 2.45) is 0 Å². The zero-order valence-corrected chi connectivity index (χ0v) is 6.69. The lowest BCUT2D eigenvalue weighted by molar-refractivity contribution is 0.199. The van der Waals surface area contributed by atoms with Gasteiger partial charge in [-0.15, -0.1) is 0 Å². The first-order valence-electron chi connectivity index (χ1n) is 2.26. The third-order valence-electron chi connectivity index (χ3n) is 0.500. The van der Waals surface area contributed by atoms with Gasteiger partial charge in [0.05, 0.1) is 0 Å². The molecule has 0 aliphatic heterocycles. The molecule has 0 bridgehead atoms. The summed E-state index contributed by atoms with van der Waals surface area (Å²) in [5.41, 5.74) is 0.815. The average molecular weight is 104 g/mol. The maximum Gasteiger partial charge on any atom is 0.0455 e. The van der Waals surface area contributed by atoms with Crippen molar-refractivity contribution in [3.05, 3.63) is 0 Å². The van der Waals surface area contributed by atoms with Gasteiger partial charge >= 0.3 is 0 Å². The summed E-state index contributed by atoms with van der Waals surface area (Å²) >= 11 is 0. The van der Waals surface area contributed by atoms with E-state index in [-0.39, 0.29) is 0 Å². The molecule has 0 rings (SSSR count). The molecular formula is C4H12OSi. The highest BCUT2D eigenvalue weighted by Crippen LogP contribution is 1.91. The van der Waals surface area contributed by atoms with Crippen LogP contribution < -0.4 is 0 Å². The first-order valence-corrected chi connectivity index (χ1v) is 3.41. The van der Waals surface area contributed by atoms with E-state index >= 15 is 0 Å². The summed E-state index contributed by atoms with van der Waals surface area (Å²) < 4.78 is 4.84. The van der Waals surface area contributed by atoms with Crippen molar-refractivity contribution in [1.29, 1.82) is 0 Å². The van der Waals surface area contributed by atoms with Gasteiger partial charge < -0.3 is 4.74 Å². The third-order valence-corrected chi connectivity index (χ3v) is 0.833. The van der Waals surface area contributed by atoms with Crippen LogP contribution in [0.1, 0.15) is 6.92 Å². The molecule has 1 atom stereocenters. The van der Waals surface area contributed by atoms with Crippen LogP contribution in [0.5, 0.6) is 0 Å². The minimum atomic E-state index is 0.815. The monoisotopic (exact) mass is 104 g/mol. The van der Waals surface area contributed by atoms with Crippen LogP contribution in [-0.4, -0.2) is 24.0 Å². The van der Waals surface area contributed by atoms with Crippen LogP contribution >= 0.6 is 0 Å². The molecule has 0 amide bonds. The van der Waals surface area contributed by atoms with E-state index in [2.05, 4.69) is 6.92 Å². The second-order valence-corrected chi connectivity index (χ2v) is 3.82. The van der Waals surface area contributed by atoms with Crippen molar-refractivity contribution in [1.82, 2.24) is 0 Å². The molecule has 0 aliphatic carbocycles.